The van der Waals surface area contributed by atoms with E-state index in [1.54, 1.807) is 0 Å². The lowest BCUT2D eigenvalue weighted by atomic mass is 9.87. The van der Waals surface area contributed by atoms with E-state index in [1.807, 2.05) is 0 Å². The smallest absolute Gasteiger partial charge is 0.0364 e. The third-order valence-electron chi connectivity index (χ3n) is 3.62. The molecule has 0 aliphatic heterocycles. The lowest BCUT2D eigenvalue weighted by Crippen LogP contribution is -2.37. The number of nitrogens with zero attached hydrogens (tertiary/aromatic N) is 1. The van der Waals surface area contributed by atoms with Crippen molar-refractivity contribution in [1.82, 2.24) is 0 Å². The number of hydrogen-bond acceptors (Lipinski definition) is 2. The molecule has 1 aromatic carbocycles. The van der Waals surface area contributed by atoms with E-state index in [1.165, 1.54) is 11.3 Å². The third-order valence-corrected chi connectivity index (χ3v) is 3.62. The van der Waals surface area contributed by atoms with Crippen molar-refractivity contribution in [3.05, 3.63) is 29.8 Å². The van der Waals surface area contributed by atoms with Crippen LogP contribution in [0.4, 0.5) is 5.69 Å². The van der Waals surface area contributed by atoms with Crippen molar-refractivity contribution in [1.29, 1.82) is 0 Å². The number of nitrogens with two attached hydrogens (primary N) is 1. The van der Waals surface area contributed by atoms with Crippen molar-refractivity contribution >= 4 is 5.69 Å². The molecule has 0 spiro atoms. The Morgan fingerprint density at radius 2 is 1.71 bits per heavy atom. The van der Waals surface area contributed by atoms with Crippen molar-refractivity contribution in [3.63, 3.8) is 0 Å². The molecule has 1 aliphatic carbocycles. The van der Waals surface area contributed by atoms with E-state index in [0.717, 1.165) is 19.4 Å². The molecule has 0 unspecified atom stereocenters. The molecule has 2 N–H and O–H groups in total. The van der Waals surface area contributed by atoms with Gasteiger partial charge in [0.25, 0.3) is 0 Å². The number of hydrogen-bond donors (Lipinski definition) is 1. The summed E-state index contributed by atoms with van der Waals surface area (Å²) in [5, 5.41) is 0. The van der Waals surface area contributed by atoms with Crippen LogP contribution in [0.5, 0.6) is 0 Å². The van der Waals surface area contributed by atoms with Gasteiger partial charge < -0.3 is 10.6 Å². The summed E-state index contributed by atoms with van der Waals surface area (Å²) in [4.78, 5) is 2.26. The van der Waals surface area contributed by atoms with Crippen LogP contribution in [0.2, 0.25) is 0 Å². The van der Waals surface area contributed by atoms with Crippen LogP contribution >= 0.6 is 0 Å². The summed E-state index contributed by atoms with van der Waals surface area (Å²) in [5.74, 6) is 0. The van der Waals surface area contributed by atoms with Gasteiger partial charge in [-0.1, -0.05) is 32.9 Å². The largest absolute Gasteiger partial charge is 0.373 e. The topological polar surface area (TPSA) is 29.3 Å². The molecule has 0 atom stereocenters. The van der Waals surface area contributed by atoms with Crippen LogP contribution in [0.3, 0.4) is 0 Å². The van der Waals surface area contributed by atoms with Gasteiger partial charge in [-0.05, 0) is 36.0 Å². The van der Waals surface area contributed by atoms with E-state index in [0.29, 0.717) is 0 Å². The summed E-state index contributed by atoms with van der Waals surface area (Å²) >= 11 is 0. The van der Waals surface area contributed by atoms with Crippen LogP contribution in [0, 0.1) is 0 Å². The average Bonchev–Trinajstić information content (AvgIpc) is 2.95. The number of likely N-dealkylation sites (N-methyl/N-ethyl adjacent to an activating group) is 1. The Bertz CT molecular complexity index is 382. The Balaban J connectivity index is 2.07. The van der Waals surface area contributed by atoms with Crippen molar-refractivity contribution < 1.29 is 0 Å². The highest BCUT2D eigenvalue weighted by atomic mass is 15.1. The first kappa shape index (κ1) is 12.4. The highest BCUT2D eigenvalue weighted by Crippen LogP contribution is 2.34. The Morgan fingerprint density at radius 1 is 1.18 bits per heavy atom. The van der Waals surface area contributed by atoms with Crippen molar-refractivity contribution in [2.45, 2.75) is 44.6 Å². The van der Waals surface area contributed by atoms with E-state index in [4.69, 9.17) is 5.73 Å². The molecule has 1 saturated carbocycles. The molecule has 1 aromatic rings. The van der Waals surface area contributed by atoms with Gasteiger partial charge in [-0.3, -0.25) is 0 Å². The fraction of sp³-hybridized carbons (Fsp3) is 0.600. The van der Waals surface area contributed by atoms with Crippen molar-refractivity contribution in [2.75, 3.05) is 18.5 Å². The van der Waals surface area contributed by atoms with Crippen LogP contribution in [0.15, 0.2) is 24.3 Å². The molecule has 0 aromatic heterocycles. The second kappa shape index (κ2) is 4.02. The van der Waals surface area contributed by atoms with Gasteiger partial charge in [-0.25, -0.2) is 0 Å². The molecule has 94 valence electrons. The summed E-state index contributed by atoms with van der Waals surface area (Å²) < 4.78 is 0. The van der Waals surface area contributed by atoms with Crippen molar-refractivity contribution in [2.24, 2.45) is 5.73 Å². The zero-order valence-electron chi connectivity index (χ0n) is 11.5. The van der Waals surface area contributed by atoms with E-state index in [9.17, 15) is 0 Å². The zero-order valence-corrected chi connectivity index (χ0v) is 11.5. The van der Waals surface area contributed by atoms with Crippen molar-refractivity contribution in [3.8, 4) is 0 Å². The predicted molar refractivity (Wildman–Crippen MR) is 74.6 cm³/mol. The number of benzene rings is 1. The van der Waals surface area contributed by atoms with Gasteiger partial charge in [-0.2, -0.15) is 0 Å². The molecule has 1 aliphatic rings. The van der Waals surface area contributed by atoms with Crippen LogP contribution in [0.1, 0.15) is 39.2 Å². The maximum atomic E-state index is 6.14. The molecular formula is C15H24N2. The Morgan fingerprint density at radius 3 is 2.12 bits per heavy atom. The third kappa shape index (κ3) is 3.01. The minimum absolute atomic E-state index is 0.0808. The molecule has 17 heavy (non-hydrogen) atoms. The monoisotopic (exact) mass is 232 g/mol. The molecular weight excluding hydrogens is 208 g/mol. The molecule has 0 saturated heterocycles. The first-order valence-electron chi connectivity index (χ1n) is 6.41. The van der Waals surface area contributed by atoms with E-state index in [-0.39, 0.29) is 11.0 Å². The minimum Gasteiger partial charge on any atom is -0.373 e. The summed E-state index contributed by atoms with van der Waals surface area (Å²) in [7, 11) is 2.12. The van der Waals surface area contributed by atoms with Gasteiger partial charge >= 0.3 is 0 Å². The van der Waals surface area contributed by atoms with Gasteiger partial charge in [0.2, 0.25) is 0 Å². The van der Waals surface area contributed by atoms with Gasteiger partial charge in [0.1, 0.15) is 0 Å². The maximum absolute atomic E-state index is 6.14. The van der Waals surface area contributed by atoms with Gasteiger partial charge in [0.05, 0.1) is 0 Å². The van der Waals surface area contributed by atoms with Crippen LogP contribution in [-0.2, 0) is 5.41 Å². The SMILES string of the molecule is CN(CC1(N)CC1)c1ccc(C(C)(C)C)cc1. The second-order valence-electron chi connectivity index (χ2n) is 6.52. The molecule has 0 radical (unpaired) electrons. The standard InChI is InChI=1S/C15H24N2/c1-14(2,3)12-5-7-13(8-6-12)17(4)11-15(16)9-10-15/h5-8H,9-11,16H2,1-4H3. The minimum atomic E-state index is 0.0808. The molecule has 2 rings (SSSR count). The molecule has 1 fully saturated rings. The fourth-order valence-corrected chi connectivity index (χ4v) is 2.10. The molecule has 2 heteroatoms. The highest BCUT2D eigenvalue weighted by Gasteiger charge is 2.39. The lowest BCUT2D eigenvalue weighted by Gasteiger charge is -2.25. The Labute approximate surface area is 105 Å². The summed E-state index contributed by atoms with van der Waals surface area (Å²) in [6.07, 6.45) is 2.33. The molecule has 0 heterocycles. The highest BCUT2D eigenvalue weighted by molar-refractivity contribution is 5.48. The summed E-state index contributed by atoms with van der Waals surface area (Å²) in [5.41, 5.74) is 9.09. The summed E-state index contributed by atoms with van der Waals surface area (Å²) in [6.45, 7) is 7.68. The van der Waals surface area contributed by atoms with E-state index < -0.39 is 0 Å². The first-order chi connectivity index (χ1) is 7.80. The Hall–Kier alpha value is -1.02. The van der Waals surface area contributed by atoms with E-state index >= 15 is 0 Å². The molecule has 0 bridgehead atoms. The zero-order chi connectivity index (χ0) is 12.7. The summed E-state index contributed by atoms with van der Waals surface area (Å²) in [6, 6.07) is 8.85. The molecule has 2 nitrogen and oxygen atoms in total. The maximum Gasteiger partial charge on any atom is 0.0364 e. The number of rotatable bonds is 3. The van der Waals surface area contributed by atoms with Crippen LogP contribution < -0.4 is 10.6 Å². The van der Waals surface area contributed by atoms with Gasteiger partial charge in [0, 0.05) is 24.8 Å². The van der Waals surface area contributed by atoms with Gasteiger partial charge in [0.15, 0.2) is 0 Å². The predicted octanol–water partition coefficient (Wildman–Crippen LogP) is 2.91. The van der Waals surface area contributed by atoms with E-state index in [2.05, 4.69) is 57.0 Å². The quantitative estimate of drug-likeness (QED) is 0.868. The normalized spacial score (nSPS) is 17.9. The fourth-order valence-electron chi connectivity index (χ4n) is 2.10. The van der Waals surface area contributed by atoms with Crippen LogP contribution in [-0.4, -0.2) is 19.1 Å². The second-order valence-corrected chi connectivity index (χ2v) is 6.52. The number of anilines is 1. The van der Waals surface area contributed by atoms with Gasteiger partial charge in [-0.15, -0.1) is 0 Å². The lowest BCUT2D eigenvalue weighted by molar-refractivity contribution is 0.590. The van der Waals surface area contributed by atoms with Crippen LogP contribution in [0.25, 0.3) is 0 Å². The Kier molecular flexibility index (Phi) is 2.94. The first-order valence-corrected chi connectivity index (χ1v) is 6.41. The average molecular weight is 232 g/mol. The molecule has 0 amide bonds.